The summed E-state index contributed by atoms with van der Waals surface area (Å²) in [5, 5.41) is 6.73. The van der Waals surface area contributed by atoms with Crippen LogP contribution in [0.15, 0.2) is 59.6 Å². The third-order valence-electron chi connectivity index (χ3n) is 5.07. The Balaban J connectivity index is 0.00000341. The summed E-state index contributed by atoms with van der Waals surface area (Å²) in [4.78, 5) is 6.69. The van der Waals surface area contributed by atoms with Crippen molar-refractivity contribution in [1.29, 1.82) is 0 Å². The predicted octanol–water partition coefficient (Wildman–Crippen LogP) is 3.45. The number of ether oxygens (including phenoxy) is 2. The molecule has 1 aliphatic heterocycles. The van der Waals surface area contributed by atoms with Gasteiger partial charge in [0.15, 0.2) is 5.96 Å². The quantitative estimate of drug-likeness (QED) is 0.304. The van der Waals surface area contributed by atoms with Crippen molar-refractivity contribution in [2.45, 2.75) is 19.1 Å². The number of morpholine rings is 1. The minimum absolute atomic E-state index is 0. The van der Waals surface area contributed by atoms with E-state index in [4.69, 9.17) is 9.47 Å². The number of benzene rings is 2. The Hall–Kier alpha value is -1.91. The van der Waals surface area contributed by atoms with Crippen LogP contribution < -0.4 is 15.4 Å². The summed E-state index contributed by atoms with van der Waals surface area (Å²) in [6.07, 6.45) is -0.0157. The largest absolute Gasteiger partial charge is 0.489 e. The Morgan fingerprint density at radius 3 is 2.35 bits per heavy atom. The molecule has 0 aromatic heterocycles. The smallest absolute Gasteiger partial charge is 0.191 e. The van der Waals surface area contributed by atoms with E-state index in [1.807, 2.05) is 49.4 Å². The number of nitrogens with zero attached hydrogens (tertiary/aromatic N) is 2. The lowest BCUT2D eigenvalue weighted by Crippen LogP contribution is -2.47. The van der Waals surface area contributed by atoms with Gasteiger partial charge in [-0.1, -0.05) is 30.3 Å². The van der Waals surface area contributed by atoms with Gasteiger partial charge in [-0.05, 0) is 36.8 Å². The van der Waals surface area contributed by atoms with Crippen LogP contribution in [0.4, 0.5) is 4.39 Å². The van der Waals surface area contributed by atoms with Gasteiger partial charge in [0.25, 0.3) is 0 Å². The Labute approximate surface area is 201 Å². The highest BCUT2D eigenvalue weighted by molar-refractivity contribution is 14.0. The maximum absolute atomic E-state index is 13.4. The van der Waals surface area contributed by atoms with Crippen molar-refractivity contribution in [2.24, 2.45) is 4.99 Å². The Morgan fingerprint density at radius 1 is 1.06 bits per heavy atom. The van der Waals surface area contributed by atoms with Gasteiger partial charge in [-0.25, -0.2) is 4.39 Å². The molecule has 1 heterocycles. The van der Waals surface area contributed by atoms with Crippen molar-refractivity contribution in [3.63, 3.8) is 0 Å². The lowest BCUT2D eigenvalue weighted by atomic mass is 10.0. The monoisotopic (exact) mass is 542 g/mol. The summed E-state index contributed by atoms with van der Waals surface area (Å²) in [6, 6.07) is 16.6. The molecule has 1 fully saturated rings. The Kier molecular flexibility index (Phi) is 11.0. The van der Waals surface area contributed by atoms with Crippen LogP contribution in [-0.2, 0) is 4.74 Å². The van der Waals surface area contributed by atoms with Gasteiger partial charge in [0, 0.05) is 26.7 Å². The van der Waals surface area contributed by atoms with Gasteiger partial charge in [-0.15, -0.1) is 24.0 Å². The zero-order chi connectivity index (χ0) is 21.2. The molecule has 0 radical (unpaired) electrons. The average molecular weight is 542 g/mol. The first-order valence-electron chi connectivity index (χ1n) is 10.4. The average Bonchev–Trinajstić information content (AvgIpc) is 2.78. The first kappa shape index (κ1) is 25.4. The SMILES string of the molecule is CN=C(NCC(C)Oc1ccccc1)NCC(c1ccc(F)cc1)N1CCOCC1.I. The first-order valence-corrected chi connectivity index (χ1v) is 10.4. The standard InChI is InChI=1S/C23H31FN4O2.HI/c1-18(30-21-6-4-3-5-7-21)16-26-23(25-2)27-17-22(28-12-14-29-15-13-28)19-8-10-20(24)11-9-19;/h3-11,18,22H,12-17H2,1-2H3,(H2,25,26,27);1H. The molecule has 6 nitrogen and oxygen atoms in total. The van der Waals surface area contributed by atoms with Crippen molar-refractivity contribution < 1.29 is 13.9 Å². The number of hydrogen-bond acceptors (Lipinski definition) is 4. The minimum Gasteiger partial charge on any atom is -0.489 e. The van der Waals surface area contributed by atoms with E-state index in [1.54, 1.807) is 7.05 Å². The second kappa shape index (κ2) is 13.5. The molecule has 2 N–H and O–H groups in total. The second-order valence-electron chi connectivity index (χ2n) is 7.29. The molecular weight excluding hydrogens is 510 g/mol. The number of para-hydroxylation sites is 1. The number of nitrogens with one attached hydrogen (secondary N) is 2. The molecular formula is C23H32FIN4O2. The summed E-state index contributed by atoms with van der Waals surface area (Å²) in [5.74, 6) is 1.33. The van der Waals surface area contributed by atoms with E-state index in [0.29, 0.717) is 32.3 Å². The number of hydrogen-bond donors (Lipinski definition) is 2. The number of guanidine groups is 1. The lowest BCUT2D eigenvalue weighted by Gasteiger charge is -2.35. The highest BCUT2D eigenvalue weighted by Gasteiger charge is 2.23. The van der Waals surface area contributed by atoms with Crippen LogP contribution in [0.2, 0.25) is 0 Å². The molecule has 0 bridgehead atoms. The van der Waals surface area contributed by atoms with E-state index in [2.05, 4.69) is 20.5 Å². The van der Waals surface area contributed by atoms with Crippen LogP contribution in [0, 0.1) is 5.82 Å². The summed E-state index contributed by atoms with van der Waals surface area (Å²) in [6.45, 7) is 6.39. The van der Waals surface area contributed by atoms with Gasteiger partial charge in [0.05, 0.1) is 25.8 Å². The van der Waals surface area contributed by atoms with E-state index in [1.165, 1.54) is 12.1 Å². The van der Waals surface area contributed by atoms with E-state index in [-0.39, 0.29) is 41.9 Å². The molecule has 1 saturated heterocycles. The third kappa shape index (κ3) is 8.27. The van der Waals surface area contributed by atoms with Crippen LogP contribution in [0.3, 0.4) is 0 Å². The summed E-state index contributed by atoms with van der Waals surface area (Å²) in [7, 11) is 1.75. The zero-order valence-electron chi connectivity index (χ0n) is 18.1. The zero-order valence-corrected chi connectivity index (χ0v) is 20.4. The predicted molar refractivity (Wildman–Crippen MR) is 133 cm³/mol. The van der Waals surface area contributed by atoms with E-state index in [0.717, 1.165) is 24.4 Å². The van der Waals surface area contributed by atoms with Gasteiger partial charge >= 0.3 is 0 Å². The van der Waals surface area contributed by atoms with Crippen LogP contribution in [-0.4, -0.2) is 63.4 Å². The van der Waals surface area contributed by atoms with Crippen molar-refractivity contribution in [2.75, 3.05) is 46.4 Å². The molecule has 2 unspecified atom stereocenters. The van der Waals surface area contributed by atoms with Crippen molar-refractivity contribution >= 4 is 29.9 Å². The summed E-state index contributed by atoms with van der Waals surface area (Å²) >= 11 is 0. The molecule has 2 atom stereocenters. The van der Waals surface area contributed by atoms with Crippen LogP contribution in [0.1, 0.15) is 18.5 Å². The van der Waals surface area contributed by atoms with Crippen LogP contribution >= 0.6 is 24.0 Å². The highest BCUT2D eigenvalue weighted by Crippen LogP contribution is 2.21. The second-order valence-corrected chi connectivity index (χ2v) is 7.29. The molecule has 0 aliphatic carbocycles. The van der Waals surface area contributed by atoms with E-state index >= 15 is 0 Å². The molecule has 2 aromatic carbocycles. The fraction of sp³-hybridized carbons (Fsp3) is 0.435. The van der Waals surface area contributed by atoms with Crippen LogP contribution in [0.25, 0.3) is 0 Å². The molecule has 1 aliphatic rings. The number of rotatable bonds is 8. The maximum Gasteiger partial charge on any atom is 0.191 e. The van der Waals surface area contributed by atoms with Crippen molar-refractivity contribution in [3.05, 3.63) is 66.0 Å². The number of halogens is 2. The van der Waals surface area contributed by atoms with Gasteiger partial charge < -0.3 is 20.1 Å². The Morgan fingerprint density at radius 2 is 1.71 bits per heavy atom. The number of aliphatic imine (C=N–C) groups is 1. The van der Waals surface area contributed by atoms with Gasteiger partial charge in [-0.3, -0.25) is 9.89 Å². The molecule has 3 rings (SSSR count). The topological polar surface area (TPSA) is 58.1 Å². The molecule has 170 valence electrons. The maximum atomic E-state index is 13.4. The van der Waals surface area contributed by atoms with Crippen LogP contribution in [0.5, 0.6) is 5.75 Å². The molecule has 31 heavy (non-hydrogen) atoms. The first-order chi connectivity index (χ1) is 14.7. The van der Waals surface area contributed by atoms with E-state index in [9.17, 15) is 4.39 Å². The fourth-order valence-corrected chi connectivity index (χ4v) is 3.46. The minimum atomic E-state index is -0.225. The molecule has 0 saturated carbocycles. The lowest BCUT2D eigenvalue weighted by molar-refractivity contribution is 0.0170. The molecule has 0 amide bonds. The molecule has 8 heteroatoms. The third-order valence-corrected chi connectivity index (χ3v) is 5.07. The highest BCUT2D eigenvalue weighted by atomic mass is 127. The molecule has 0 spiro atoms. The van der Waals surface area contributed by atoms with Gasteiger partial charge in [0.1, 0.15) is 17.7 Å². The summed E-state index contributed by atoms with van der Waals surface area (Å²) in [5.41, 5.74) is 1.07. The van der Waals surface area contributed by atoms with Crippen molar-refractivity contribution in [3.8, 4) is 5.75 Å². The van der Waals surface area contributed by atoms with Gasteiger partial charge in [0.2, 0.25) is 0 Å². The Bertz CT molecular complexity index is 786. The van der Waals surface area contributed by atoms with E-state index < -0.39 is 0 Å². The van der Waals surface area contributed by atoms with Crippen molar-refractivity contribution in [1.82, 2.24) is 15.5 Å². The normalized spacial score (nSPS) is 16.7. The van der Waals surface area contributed by atoms with Gasteiger partial charge in [-0.2, -0.15) is 0 Å². The molecule has 2 aromatic rings. The summed E-state index contributed by atoms with van der Waals surface area (Å²) < 4.78 is 24.8. The fourth-order valence-electron chi connectivity index (χ4n) is 3.46.